The van der Waals surface area contributed by atoms with E-state index in [4.69, 9.17) is 14.2 Å². The van der Waals surface area contributed by atoms with E-state index in [1.807, 2.05) is 0 Å². The van der Waals surface area contributed by atoms with E-state index in [0.717, 1.165) is 58.1 Å². The molecule has 6 heteroatoms. The maximum absolute atomic E-state index is 5.95. The summed E-state index contributed by atoms with van der Waals surface area (Å²) < 4.78 is 17.1. The zero-order valence-electron chi connectivity index (χ0n) is 15.4. The molecule has 24 heavy (non-hydrogen) atoms. The van der Waals surface area contributed by atoms with E-state index in [-0.39, 0.29) is 5.60 Å². The van der Waals surface area contributed by atoms with Crippen molar-refractivity contribution in [3.05, 3.63) is 0 Å². The lowest BCUT2D eigenvalue weighted by molar-refractivity contribution is -0.0855. The van der Waals surface area contributed by atoms with Crippen molar-refractivity contribution < 1.29 is 14.2 Å². The van der Waals surface area contributed by atoms with Gasteiger partial charge in [0.1, 0.15) is 0 Å². The Morgan fingerprint density at radius 3 is 2.58 bits per heavy atom. The van der Waals surface area contributed by atoms with Crippen LogP contribution in [-0.4, -0.2) is 64.7 Å². The number of hydrogen-bond acceptors (Lipinski definition) is 4. The van der Waals surface area contributed by atoms with Crippen molar-refractivity contribution in [3.8, 4) is 0 Å². The van der Waals surface area contributed by atoms with Gasteiger partial charge in [0.25, 0.3) is 0 Å². The first-order valence-electron chi connectivity index (χ1n) is 9.47. The van der Waals surface area contributed by atoms with Gasteiger partial charge in [-0.05, 0) is 19.3 Å². The molecule has 0 bridgehead atoms. The summed E-state index contributed by atoms with van der Waals surface area (Å²) in [6.45, 7) is 3.98. The lowest BCUT2D eigenvalue weighted by atomic mass is 9.94. The summed E-state index contributed by atoms with van der Waals surface area (Å²) in [4.78, 5) is 4.29. The minimum Gasteiger partial charge on any atom is -0.381 e. The van der Waals surface area contributed by atoms with E-state index in [1.54, 1.807) is 14.2 Å². The lowest BCUT2D eigenvalue weighted by Gasteiger charge is -2.36. The van der Waals surface area contributed by atoms with Crippen molar-refractivity contribution in [2.45, 2.75) is 63.1 Å². The molecule has 2 fully saturated rings. The van der Waals surface area contributed by atoms with Gasteiger partial charge in [-0.25, -0.2) is 0 Å². The van der Waals surface area contributed by atoms with Crippen molar-refractivity contribution in [1.82, 2.24) is 10.6 Å². The van der Waals surface area contributed by atoms with Gasteiger partial charge < -0.3 is 24.8 Å². The number of nitrogens with one attached hydrogen (secondary N) is 2. The van der Waals surface area contributed by atoms with Crippen LogP contribution in [0.15, 0.2) is 4.99 Å². The van der Waals surface area contributed by atoms with Crippen molar-refractivity contribution in [1.29, 1.82) is 0 Å². The number of rotatable bonds is 8. The smallest absolute Gasteiger partial charge is 0.191 e. The third-order valence-electron chi connectivity index (χ3n) is 5.16. The van der Waals surface area contributed by atoms with Crippen LogP contribution in [0.2, 0.25) is 0 Å². The molecule has 1 aliphatic carbocycles. The molecule has 0 aromatic heterocycles. The van der Waals surface area contributed by atoms with Gasteiger partial charge in [0, 0.05) is 59.9 Å². The van der Waals surface area contributed by atoms with Crippen LogP contribution in [0.5, 0.6) is 0 Å². The topological polar surface area (TPSA) is 64.1 Å². The molecule has 1 saturated carbocycles. The first-order valence-corrected chi connectivity index (χ1v) is 9.47. The minimum absolute atomic E-state index is 0.139. The summed E-state index contributed by atoms with van der Waals surface area (Å²) in [6.07, 6.45) is 9.83. The average molecular weight is 341 g/mol. The average Bonchev–Trinajstić information content (AvgIpc) is 2.65. The third-order valence-corrected chi connectivity index (χ3v) is 5.16. The highest BCUT2D eigenvalue weighted by Crippen LogP contribution is 2.23. The number of methoxy groups -OCH3 is 1. The van der Waals surface area contributed by atoms with Gasteiger partial charge in [-0.2, -0.15) is 0 Å². The number of nitrogens with zero attached hydrogens (tertiary/aromatic N) is 1. The van der Waals surface area contributed by atoms with Crippen LogP contribution in [0.4, 0.5) is 0 Å². The highest BCUT2D eigenvalue weighted by molar-refractivity contribution is 5.79. The maximum atomic E-state index is 5.95. The van der Waals surface area contributed by atoms with Crippen molar-refractivity contribution in [3.63, 3.8) is 0 Å². The number of ether oxygens (including phenoxy) is 3. The second-order valence-corrected chi connectivity index (χ2v) is 6.84. The Morgan fingerprint density at radius 2 is 1.92 bits per heavy atom. The molecule has 6 nitrogen and oxygen atoms in total. The summed E-state index contributed by atoms with van der Waals surface area (Å²) in [6, 6.07) is 0. The Hall–Kier alpha value is -0.850. The van der Waals surface area contributed by atoms with Gasteiger partial charge in [-0.3, -0.25) is 4.99 Å². The molecule has 1 aliphatic heterocycles. The highest BCUT2D eigenvalue weighted by atomic mass is 16.5. The second kappa shape index (κ2) is 10.9. The molecule has 0 unspecified atom stereocenters. The Labute approximate surface area is 146 Å². The van der Waals surface area contributed by atoms with Crippen molar-refractivity contribution in [2.75, 3.05) is 47.1 Å². The summed E-state index contributed by atoms with van der Waals surface area (Å²) in [5.41, 5.74) is -0.139. The molecule has 0 atom stereocenters. The molecule has 0 amide bonds. The Morgan fingerprint density at radius 1 is 1.17 bits per heavy atom. The van der Waals surface area contributed by atoms with Crippen LogP contribution in [0.25, 0.3) is 0 Å². The SMILES string of the molecule is CN=C(NCCCOC1CCCCC1)NCC1(OC)CCOCC1. The molecule has 0 radical (unpaired) electrons. The third kappa shape index (κ3) is 6.57. The zero-order chi connectivity index (χ0) is 17.1. The van der Waals surface area contributed by atoms with Crippen LogP contribution < -0.4 is 10.6 Å². The lowest BCUT2D eigenvalue weighted by Crippen LogP contribution is -2.50. The Bertz CT molecular complexity index is 365. The standard InChI is InChI=1S/C18H35N3O3/c1-19-17(21-15-18(22-2)9-13-23-14-10-18)20-11-6-12-24-16-7-4-3-5-8-16/h16H,3-15H2,1-2H3,(H2,19,20,21). The van der Waals surface area contributed by atoms with E-state index < -0.39 is 0 Å². The fourth-order valence-electron chi connectivity index (χ4n) is 3.42. The fraction of sp³-hybridized carbons (Fsp3) is 0.944. The van der Waals surface area contributed by atoms with E-state index >= 15 is 0 Å². The molecule has 2 aliphatic rings. The van der Waals surface area contributed by atoms with E-state index in [9.17, 15) is 0 Å². The highest BCUT2D eigenvalue weighted by Gasteiger charge is 2.32. The molecule has 0 aromatic carbocycles. The number of guanidine groups is 1. The van der Waals surface area contributed by atoms with E-state index in [2.05, 4.69) is 15.6 Å². The predicted octanol–water partition coefficient (Wildman–Crippen LogP) is 2.09. The van der Waals surface area contributed by atoms with E-state index in [1.165, 1.54) is 32.1 Å². The van der Waals surface area contributed by atoms with Crippen LogP contribution in [0.1, 0.15) is 51.4 Å². The first-order chi connectivity index (χ1) is 11.8. The molecular formula is C18H35N3O3. The summed E-state index contributed by atoms with van der Waals surface area (Å²) in [5.74, 6) is 0.829. The number of hydrogen-bond donors (Lipinski definition) is 2. The molecule has 0 aromatic rings. The normalized spacial score (nSPS) is 22.3. The quantitative estimate of drug-likeness (QED) is 0.402. The Balaban J connectivity index is 1.58. The first kappa shape index (κ1) is 19.5. The van der Waals surface area contributed by atoms with Crippen LogP contribution >= 0.6 is 0 Å². The van der Waals surface area contributed by atoms with Crippen molar-refractivity contribution >= 4 is 5.96 Å². The monoisotopic (exact) mass is 341 g/mol. The van der Waals surface area contributed by atoms with Gasteiger partial charge in [0.2, 0.25) is 0 Å². The molecular weight excluding hydrogens is 306 g/mol. The summed E-state index contributed by atoms with van der Waals surface area (Å²) >= 11 is 0. The largest absolute Gasteiger partial charge is 0.381 e. The molecule has 1 heterocycles. The number of aliphatic imine (C=N–C) groups is 1. The Kier molecular flexibility index (Phi) is 8.84. The fourth-order valence-corrected chi connectivity index (χ4v) is 3.42. The van der Waals surface area contributed by atoms with Crippen LogP contribution in [-0.2, 0) is 14.2 Å². The van der Waals surface area contributed by atoms with Gasteiger partial charge in [-0.1, -0.05) is 19.3 Å². The molecule has 0 spiro atoms. The summed E-state index contributed by atoms with van der Waals surface area (Å²) in [5, 5.41) is 6.75. The van der Waals surface area contributed by atoms with Gasteiger partial charge >= 0.3 is 0 Å². The van der Waals surface area contributed by atoms with Gasteiger partial charge in [-0.15, -0.1) is 0 Å². The molecule has 1 saturated heterocycles. The van der Waals surface area contributed by atoms with Gasteiger partial charge in [0.05, 0.1) is 11.7 Å². The molecule has 2 rings (SSSR count). The predicted molar refractivity (Wildman–Crippen MR) is 96.6 cm³/mol. The van der Waals surface area contributed by atoms with Gasteiger partial charge in [0.15, 0.2) is 5.96 Å². The maximum Gasteiger partial charge on any atom is 0.191 e. The molecule has 2 N–H and O–H groups in total. The molecule has 140 valence electrons. The van der Waals surface area contributed by atoms with Crippen molar-refractivity contribution in [2.24, 2.45) is 4.99 Å². The summed E-state index contributed by atoms with van der Waals surface area (Å²) in [7, 11) is 3.59. The second-order valence-electron chi connectivity index (χ2n) is 6.84. The van der Waals surface area contributed by atoms with Crippen LogP contribution in [0, 0.1) is 0 Å². The van der Waals surface area contributed by atoms with Crippen LogP contribution in [0.3, 0.4) is 0 Å². The minimum atomic E-state index is -0.139. The van der Waals surface area contributed by atoms with E-state index in [0.29, 0.717) is 6.10 Å². The zero-order valence-corrected chi connectivity index (χ0v) is 15.4.